The molecule has 226 valence electrons. The molecule has 0 aromatic heterocycles. The first-order chi connectivity index (χ1) is 20.1. The fraction of sp³-hybridized carbons (Fsp3) is 0.433. The summed E-state index contributed by atoms with van der Waals surface area (Å²) in [5.74, 6) is -4.07. The standard InChI is InChI=1S/C30H39N5O7/c1-19(2)24(31-16-10-15-21-11-6-4-7-12-21)28(39)33-20(3)27(38)34-35(18-23(36)37)30(41)26-25(42-26)29(40)32-17-22-13-8-5-9-14-22/h4-9,11-14,19-20,24-26,31H,10,15-18H2,1-3H3,(H,32,40)(H,33,39)(H,34,38)(H,36,37)/t20-,24-,25-,26-/m0/s1. The fourth-order valence-electron chi connectivity index (χ4n) is 4.27. The number of carbonyl (C=O) groups is 5. The van der Waals surface area contributed by atoms with E-state index < -0.39 is 60.4 Å². The first kappa shape index (κ1) is 32.2. The highest BCUT2D eigenvalue weighted by atomic mass is 16.6. The highest BCUT2D eigenvalue weighted by Crippen LogP contribution is 2.24. The highest BCUT2D eigenvalue weighted by molar-refractivity contribution is 5.97. The summed E-state index contributed by atoms with van der Waals surface area (Å²) >= 11 is 0. The number of carboxylic acids is 1. The minimum Gasteiger partial charge on any atom is -0.480 e. The van der Waals surface area contributed by atoms with Gasteiger partial charge < -0.3 is 25.8 Å². The number of hydrogen-bond acceptors (Lipinski definition) is 7. The van der Waals surface area contributed by atoms with Crippen LogP contribution in [-0.2, 0) is 41.7 Å². The van der Waals surface area contributed by atoms with Gasteiger partial charge in [0, 0.05) is 6.54 Å². The van der Waals surface area contributed by atoms with Crippen LogP contribution in [0.2, 0.25) is 0 Å². The van der Waals surface area contributed by atoms with Gasteiger partial charge in [-0.2, -0.15) is 0 Å². The van der Waals surface area contributed by atoms with Gasteiger partial charge in [0.2, 0.25) is 5.91 Å². The molecule has 5 N–H and O–H groups in total. The Bertz CT molecular complexity index is 1230. The lowest BCUT2D eigenvalue weighted by molar-refractivity contribution is -0.151. The van der Waals surface area contributed by atoms with E-state index in [0.29, 0.717) is 11.6 Å². The SMILES string of the molecule is CC(C)[C@H](NCCCc1ccccc1)C(=O)N[C@@H](C)C(=O)NN(CC(=O)O)C(=O)[C@H]1O[C@@H]1C(=O)NCc1ccccc1. The number of hydrazine groups is 1. The molecule has 0 bridgehead atoms. The van der Waals surface area contributed by atoms with Gasteiger partial charge in [0.25, 0.3) is 17.7 Å². The Morgan fingerprint density at radius 1 is 0.881 bits per heavy atom. The maximum absolute atomic E-state index is 13.0. The molecule has 1 heterocycles. The van der Waals surface area contributed by atoms with E-state index in [2.05, 4.69) is 21.4 Å². The maximum atomic E-state index is 13.0. The molecule has 2 aromatic rings. The van der Waals surface area contributed by atoms with Crippen LogP contribution < -0.4 is 21.4 Å². The molecule has 1 aliphatic rings. The smallest absolute Gasteiger partial charge is 0.325 e. The number of carboxylic acid groups (broad SMARTS) is 1. The van der Waals surface area contributed by atoms with E-state index in [1.165, 1.54) is 12.5 Å². The Kier molecular flexibility index (Phi) is 12.0. The molecular formula is C30H39N5O7. The minimum absolute atomic E-state index is 0.0703. The minimum atomic E-state index is -1.38. The van der Waals surface area contributed by atoms with Crippen LogP contribution >= 0.6 is 0 Å². The van der Waals surface area contributed by atoms with Crippen molar-refractivity contribution >= 4 is 29.6 Å². The zero-order chi connectivity index (χ0) is 30.6. The predicted octanol–water partition coefficient (Wildman–Crippen LogP) is 0.766. The lowest BCUT2D eigenvalue weighted by atomic mass is 10.0. The summed E-state index contributed by atoms with van der Waals surface area (Å²) in [6.07, 6.45) is -0.675. The van der Waals surface area contributed by atoms with Crippen LogP contribution in [0.3, 0.4) is 0 Å². The lowest BCUT2D eigenvalue weighted by Gasteiger charge is -2.26. The third kappa shape index (κ3) is 9.96. The number of aryl methyl sites for hydroxylation is 1. The van der Waals surface area contributed by atoms with Gasteiger partial charge in [-0.3, -0.25) is 29.4 Å². The van der Waals surface area contributed by atoms with Gasteiger partial charge >= 0.3 is 5.97 Å². The summed E-state index contributed by atoms with van der Waals surface area (Å²) in [6.45, 7) is 5.15. The number of epoxide rings is 1. The highest BCUT2D eigenvalue weighted by Gasteiger charge is 2.52. The zero-order valence-electron chi connectivity index (χ0n) is 24.0. The van der Waals surface area contributed by atoms with Crippen molar-refractivity contribution in [1.29, 1.82) is 0 Å². The fourth-order valence-corrected chi connectivity index (χ4v) is 4.27. The molecule has 2 aromatic carbocycles. The lowest BCUT2D eigenvalue weighted by Crippen LogP contribution is -2.58. The van der Waals surface area contributed by atoms with Crippen molar-refractivity contribution in [3.05, 3.63) is 71.8 Å². The average molecular weight is 582 g/mol. The third-order valence-electron chi connectivity index (χ3n) is 6.66. The van der Waals surface area contributed by atoms with Gasteiger partial charge in [0.05, 0.1) is 6.04 Å². The molecule has 12 nitrogen and oxygen atoms in total. The predicted molar refractivity (Wildman–Crippen MR) is 153 cm³/mol. The average Bonchev–Trinajstić information content (AvgIpc) is 3.77. The summed E-state index contributed by atoms with van der Waals surface area (Å²) in [7, 11) is 0. The Labute approximate surface area is 245 Å². The largest absolute Gasteiger partial charge is 0.480 e. The molecule has 1 saturated heterocycles. The number of nitrogens with one attached hydrogen (secondary N) is 4. The van der Waals surface area contributed by atoms with Crippen LogP contribution in [0.15, 0.2) is 60.7 Å². The van der Waals surface area contributed by atoms with E-state index in [1.807, 2.05) is 74.5 Å². The summed E-state index contributed by atoms with van der Waals surface area (Å²) < 4.78 is 5.21. The molecule has 1 aliphatic heterocycles. The molecule has 1 fully saturated rings. The number of carbonyl (C=O) groups excluding carboxylic acids is 4. The van der Waals surface area contributed by atoms with E-state index in [0.717, 1.165) is 18.4 Å². The van der Waals surface area contributed by atoms with E-state index >= 15 is 0 Å². The van der Waals surface area contributed by atoms with Crippen molar-refractivity contribution in [2.24, 2.45) is 5.92 Å². The van der Waals surface area contributed by atoms with E-state index in [9.17, 15) is 29.1 Å². The molecule has 0 aliphatic carbocycles. The molecule has 0 radical (unpaired) electrons. The Morgan fingerprint density at radius 3 is 2.10 bits per heavy atom. The van der Waals surface area contributed by atoms with Gasteiger partial charge in [-0.25, -0.2) is 5.01 Å². The van der Waals surface area contributed by atoms with Gasteiger partial charge in [0.1, 0.15) is 12.6 Å². The number of rotatable bonds is 15. The quantitative estimate of drug-likeness (QED) is 0.117. The van der Waals surface area contributed by atoms with Crippen LogP contribution in [0.1, 0.15) is 38.3 Å². The molecule has 3 rings (SSSR count). The van der Waals surface area contributed by atoms with Crippen LogP contribution in [0.4, 0.5) is 0 Å². The Balaban J connectivity index is 1.49. The van der Waals surface area contributed by atoms with Crippen LogP contribution in [0.25, 0.3) is 0 Å². The monoisotopic (exact) mass is 581 g/mol. The second-order valence-corrected chi connectivity index (χ2v) is 10.5. The molecule has 42 heavy (non-hydrogen) atoms. The molecule has 4 atom stereocenters. The van der Waals surface area contributed by atoms with Gasteiger partial charge in [0.15, 0.2) is 12.2 Å². The second kappa shape index (κ2) is 15.6. The molecule has 12 heteroatoms. The van der Waals surface area contributed by atoms with E-state index in [4.69, 9.17) is 4.74 Å². The van der Waals surface area contributed by atoms with E-state index in [-0.39, 0.29) is 12.5 Å². The van der Waals surface area contributed by atoms with Crippen LogP contribution in [0, 0.1) is 5.92 Å². The molecule has 0 saturated carbocycles. The number of benzene rings is 2. The topological polar surface area (TPSA) is 169 Å². The molecule has 4 amide bonds. The van der Waals surface area contributed by atoms with Crippen molar-refractivity contribution in [1.82, 2.24) is 26.4 Å². The van der Waals surface area contributed by atoms with Gasteiger partial charge in [-0.15, -0.1) is 0 Å². The zero-order valence-corrected chi connectivity index (χ0v) is 24.0. The summed E-state index contributed by atoms with van der Waals surface area (Å²) in [5, 5.41) is 18.4. The number of ether oxygens (including phenoxy) is 1. The van der Waals surface area contributed by atoms with Crippen molar-refractivity contribution in [3.63, 3.8) is 0 Å². The Hall–Kier alpha value is -4.29. The van der Waals surface area contributed by atoms with Crippen molar-refractivity contribution in [3.8, 4) is 0 Å². The summed E-state index contributed by atoms with van der Waals surface area (Å²) in [6, 6.07) is 17.5. The normalized spacial score (nSPS) is 17.0. The Morgan fingerprint density at radius 2 is 1.50 bits per heavy atom. The van der Waals surface area contributed by atoms with Crippen LogP contribution in [0.5, 0.6) is 0 Å². The van der Waals surface area contributed by atoms with E-state index in [1.54, 1.807) is 0 Å². The summed E-state index contributed by atoms with van der Waals surface area (Å²) in [4.78, 5) is 62.5. The maximum Gasteiger partial charge on any atom is 0.325 e. The number of nitrogens with zero attached hydrogens (tertiary/aromatic N) is 1. The second-order valence-electron chi connectivity index (χ2n) is 10.5. The summed E-state index contributed by atoms with van der Waals surface area (Å²) in [5.41, 5.74) is 4.30. The van der Waals surface area contributed by atoms with Crippen LogP contribution in [-0.4, -0.2) is 77.1 Å². The van der Waals surface area contributed by atoms with Gasteiger partial charge in [-0.1, -0.05) is 74.5 Å². The molecule has 0 unspecified atom stereocenters. The van der Waals surface area contributed by atoms with Crippen molar-refractivity contribution in [2.75, 3.05) is 13.1 Å². The number of aliphatic carboxylic acids is 1. The molecule has 0 spiro atoms. The number of hydrogen-bond donors (Lipinski definition) is 5. The van der Waals surface area contributed by atoms with Crippen molar-refractivity contribution in [2.45, 2.75) is 64.4 Å². The first-order valence-corrected chi connectivity index (χ1v) is 13.9. The number of amides is 4. The molecular weight excluding hydrogens is 542 g/mol. The third-order valence-corrected chi connectivity index (χ3v) is 6.66. The van der Waals surface area contributed by atoms with Gasteiger partial charge in [-0.05, 0) is 43.4 Å². The van der Waals surface area contributed by atoms with Crippen molar-refractivity contribution < 1.29 is 33.8 Å². The first-order valence-electron chi connectivity index (χ1n) is 13.9.